The van der Waals surface area contributed by atoms with Crippen LogP contribution in [0.4, 0.5) is 4.79 Å². The monoisotopic (exact) mass is 435 g/mol. The van der Waals surface area contributed by atoms with Crippen LogP contribution in [-0.4, -0.2) is 66.2 Å². The highest BCUT2D eigenvalue weighted by atomic mass is 32.2. The smallest absolute Gasteiger partial charge is 0.325 e. The van der Waals surface area contributed by atoms with E-state index in [0.717, 1.165) is 4.90 Å². The Morgan fingerprint density at radius 2 is 1.93 bits per heavy atom. The van der Waals surface area contributed by atoms with E-state index in [4.69, 9.17) is 0 Å². The molecule has 2 aliphatic rings. The second-order valence-corrected chi connectivity index (χ2v) is 10.3. The number of nitrogens with zero attached hydrogens (tertiary/aromatic N) is 2. The molecule has 4 amide bonds. The van der Waals surface area contributed by atoms with Crippen LogP contribution in [0.25, 0.3) is 0 Å². The first-order valence-corrected chi connectivity index (χ1v) is 12.2. The van der Waals surface area contributed by atoms with Gasteiger partial charge in [0.1, 0.15) is 12.1 Å². The summed E-state index contributed by atoms with van der Waals surface area (Å²) in [4.78, 5) is 41.6. The number of rotatable bonds is 7. The zero-order valence-electron chi connectivity index (χ0n) is 17.6. The molecule has 2 aliphatic heterocycles. The lowest BCUT2D eigenvalue weighted by atomic mass is 9.87. The van der Waals surface area contributed by atoms with Gasteiger partial charge in [0.2, 0.25) is 5.91 Å². The van der Waals surface area contributed by atoms with Gasteiger partial charge in [-0.15, -0.1) is 0 Å². The van der Waals surface area contributed by atoms with Crippen molar-refractivity contribution in [3.8, 4) is 0 Å². The molecule has 0 bridgehead atoms. The summed E-state index contributed by atoms with van der Waals surface area (Å²) in [5.41, 5.74) is -0.530. The molecular formula is C21H29N3O5S. The van der Waals surface area contributed by atoms with Crippen LogP contribution in [0.2, 0.25) is 0 Å². The van der Waals surface area contributed by atoms with Crippen molar-refractivity contribution in [2.24, 2.45) is 0 Å². The first-order chi connectivity index (χ1) is 14.1. The number of carbonyl (C=O) groups excluding carboxylic acids is 3. The van der Waals surface area contributed by atoms with Gasteiger partial charge >= 0.3 is 6.03 Å². The SMILES string of the molecule is CC[C@H](C)N(C(=O)CN1C(=O)N[C@@](CC)(c2ccccc2)C1=O)[C@@H]1CCS(=O)(=O)C1. The number of carbonyl (C=O) groups is 3. The van der Waals surface area contributed by atoms with Crippen molar-refractivity contribution in [3.05, 3.63) is 35.9 Å². The molecule has 1 aromatic carbocycles. The summed E-state index contributed by atoms with van der Waals surface area (Å²) in [6, 6.07) is 7.75. The van der Waals surface area contributed by atoms with E-state index in [2.05, 4.69) is 5.32 Å². The standard InChI is InChI=1S/C21H29N3O5S/c1-4-15(3)24(17-11-12-30(28,29)14-17)18(25)13-23-19(26)21(5-2,22-20(23)27)16-9-7-6-8-10-16/h6-10,15,17H,4-5,11-14H2,1-3H3,(H,22,27)/t15-,17+,21-/m0/s1. The fraction of sp³-hybridized carbons (Fsp3) is 0.571. The molecule has 3 rings (SSSR count). The van der Waals surface area contributed by atoms with Crippen LogP contribution in [0.5, 0.6) is 0 Å². The third-order valence-corrected chi connectivity index (χ3v) is 7.97. The number of benzene rings is 1. The summed E-state index contributed by atoms with van der Waals surface area (Å²) in [5.74, 6) is -0.896. The Balaban J connectivity index is 1.84. The highest BCUT2D eigenvalue weighted by Crippen LogP contribution is 2.32. The Kier molecular flexibility index (Phi) is 6.21. The van der Waals surface area contributed by atoms with Crippen LogP contribution in [0.1, 0.15) is 45.6 Å². The van der Waals surface area contributed by atoms with Crippen molar-refractivity contribution in [1.82, 2.24) is 15.1 Å². The molecule has 8 nitrogen and oxygen atoms in total. The maximum Gasteiger partial charge on any atom is 0.325 e. The van der Waals surface area contributed by atoms with Gasteiger partial charge in [-0.2, -0.15) is 0 Å². The molecule has 2 fully saturated rings. The number of nitrogens with one attached hydrogen (secondary N) is 1. The van der Waals surface area contributed by atoms with Gasteiger partial charge in [0.25, 0.3) is 5.91 Å². The summed E-state index contributed by atoms with van der Waals surface area (Å²) in [6.07, 6.45) is 1.37. The van der Waals surface area contributed by atoms with Crippen LogP contribution >= 0.6 is 0 Å². The molecule has 0 radical (unpaired) electrons. The molecule has 0 aromatic heterocycles. The number of sulfone groups is 1. The Labute approximate surface area is 177 Å². The van der Waals surface area contributed by atoms with Crippen LogP contribution < -0.4 is 5.32 Å². The van der Waals surface area contributed by atoms with Crippen molar-refractivity contribution in [3.63, 3.8) is 0 Å². The summed E-state index contributed by atoms with van der Waals surface area (Å²) >= 11 is 0. The summed E-state index contributed by atoms with van der Waals surface area (Å²) < 4.78 is 23.9. The molecule has 2 heterocycles. The highest BCUT2D eigenvalue weighted by Gasteiger charge is 2.52. The lowest BCUT2D eigenvalue weighted by Crippen LogP contribution is -2.51. The largest absolute Gasteiger partial charge is 0.334 e. The molecule has 0 saturated carbocycles. The normalized spacial score (nSPS) is 26.5. The van der Waals surface area contributed by atoms with E-state index >= 15 is 0 Å². The molecule has 164 valence electrons. The quantitative estimate of drug-likeness (QED) is 0.656. The molecule has 2 saturated heterocycles. The predicted molar refractivity (Wildman–Crippen MR) is 112 cm³/mol. The van der Waals surface area contributed by atoms with Crippen molar-refractivity contribution in [2.75, 3.05) is 18.1 Å². The second-order valence-electron chi connectivity index (χ2n) is 8.06. The summed E-state index contributed by atoms with van der Waals surface area (Å²) in [6.45, 7) is 5.18. The molecule has 1 aromatic rings. The maximum absolute atomic E-state index is 13.3. The fourth-order valence-corrected chi connectivity index (χ4v) is 6.06. The Morgan fingerprint density at radius 3 is 2.47 bits per heavy atom. The minimum atomic E-state index is -3.18. The number of hydrogen-bond acceptors (Lipinski definition) is 5. The molecule has 30 heavy (non-hydrogen) atoms. The van der Waals surface area contributed by atoms with Gasteiger partial charge in [0.05, 0.1) is 11.5 Å². The molecule has 3 atom stereocenters. The number of imide groups is 1. The van der Waals surface area contributed by atoms with Crippen LogP contribution in [0, 0.1) is 0 Å². The molecule has 0 spiro atoms. The van der Waals surface area contributed by atoms with Gasteiger partial charge in [0.15, 0.2) is 9.84 Å². The van der Waals surface area contributed by atoms with Gasteiger partial charge < -0.3 is 10.2 Å². The Morgan fingerprint density at radius 1 is 1.27 bits per heavy atom. The highest BCUT2D eigenvalue weighted by molar-refractivity contribution is 7.91. The zero-order chi connectivity index (χ0) is 22.1. The second kappa shape index (κ2) is 8.37. The van der Waals surface area contributed by atoms with Gasteiger partial charge in [-0.25, -0.2) is 13.2 Å². The third kappa shape index (κ3) is 3.95. The fourth-order valence-electron chi connectivity index (χ4n) is 4.35. The lowest BCUT2D eigenvalue weighted by molar-refractivity contribution is -0.141. The van der Waals surface area contributed by atoms with Crippen molar-refractivity contribution in [2.45, 2.75) is 57.7 Å². The van der Waals surface area contributed by atoms with E-state index in [1.165, 1.54) is 0 Å². The number of amides is 4. The molecule has 0 aliphatic carbocycles. The first kappa shape index (κ1) is 22.3. The lowest BCUT2D eigenvalue weighted by Gasteiger charge is -2.34. The third-order valence-electron chi connectivity index (χ3n) is 6.22. The number of urea groups is 1. The molecular weight excluding hydrogens is 406 g/mol. The summed E-state index contributed by atoms with van der Waals surface area (Å²) in [5, 5.41) is 2.77. The van der Waals surface area contributed by atoms with E-state index in [-0.39, 0.29) is 17.5 Å². The van der Waals surface area contributed by atoms with E-state index in [9.17, 15) is 22.8 Å². The molecule has 9 heteroatoms. The Hall–Kier alpha value is -2.42. The average Bonchev–Trinajstić information content (AvgIpc) is 3.20. The van der Waals surface area contributed by atoms with Crippen molar-refractivity contribution >= 4 is 27.7 Å². The van der Waals surface area contributed by atoms with E-state index < -0.39 is 45.8 Å². The van der Waals surface area contributed by atoms with Gasteiger partial charge in [0, 0.05) is 12.1 Å². The van der Waals surface area contributed by atoms with E-state index in [0.29, 0.717) is 24.8 Å². The summed E-state index contributed by atoms with van der Waals surface area (Å²) in [7, 11) is -3.18. The first-order valence-electron chi connectivity index (χ1n) is 10.4. The zero-order valence-corrected chi connectivity index (χ0v) is 18.4. The van der Waals surface area contributed by atoms with Gasteiger partial charge in [-0.3, -0.25) is 14.5 Å². The van der Waals surface area contributed by atoms with Crippen LogP contribution in [0.15, 0.2) is 30.3 Å². The van der Waals surface area contributed by atoms with Crippen molar-refractivity contribution < 1.29 is 22.8 Å². The van der Waals surface area contributed by atoms with Crippen LogP contribution in [-0.2, 0) is 25.0 Å². The van der Waals surface area contributed by atoms with Gasteiger partial charge in [-0.1, -0.05) is 44.2 Å². The number of hydrogen-bond donors (Lipinski definition) is 1. The molecule has 0 unspecified atom stereocenters. The maximum atomic E-state index is 13.3. The topological polar surface area (TPSA) is 104 Å². The molecule has 1 N–H and O–H groups in total. The van der Waals surface area contributed by atoms with Crippen LogP contribution in [0.3, 0.4) is 0 Å². The van der Waals surface area contributed by atoms with Crippen molar-refractivity contribution in [1.29, 1.82) is 0 Å². The van der Waals surface area contributed by atoms with E-state index in [1.807, 2.05) is 26.8 Å². The van der Waals surface area contributed by atoms with E-state index in [1.54, 1.807) is 29.2 Å². The Bertz CT molecular complexity index is 933. The minimum Gasteiger partial charge on any atom is -0.334 e. The van der Waals surface area contributed by atoms with Gasteiger partial charge in [-0.05, 0) is 31.7 Å². The average molecular weight is 436 g/mol. The minimum absolute atomic E-state index is 0.0496. The predicted octanol–water partition coefficient (Wildman–Crippen LogP) is 1.66.